The summed E-state index contributed by atoms with van der Waals surface area (Å²) in [6.45, 7) is -1.34. The predicted octanol–water partition coefficient (Wildman–Crippen LogP) is 3.31. The lowest BCUT2D eigenvalue weighted by Crippen LogP contribution is -2.19. The summed E-state index contributed by atoms with van der Waals surface area (Å²) in [7, 11) is 0. The first kappa shape index (κ1) is 18.5. The summed E-state index contributed by atoms with van der Waals surface area (Å²) in [6.07, 6.45) is -1.92. The molecule has 8 nitrogen and oxygen atoms in total. The number of alkyl halides is 3. The quantitative estimate of drug-likeness (QED) is 0.503. The molecule has 0 spiro atoms. The first-order chi connectivity index (χ1) is 13.8. The highest BCUT2D eigenvalue weighted by atomic mass is 19.4. The van der Waals surface area contributed by atoms with Crippen molar-refractivity contribution in [3.05, 3.63) is 48.5 Å². The average molecular weight is 404 g/mol. The number of aromatic nitrogens is 6. The first-order valence-electron chi connectivity index (χ1n) is 8.20. The van der Waals surface area contributed by atoms with E-state index in [1.54, 1.807) is 0 Å². The van der Waals surface area contributed by atoms with Crippen molar-refractivity contribution < 1.29 is 17.6 Å². The molecule has 0 unspecified atom stereocenters. The number of hydrogen-bond acceptors (Lipinski definition) is 7. The maximum Gasteiger partial charge on any atom is 0.406 e. The molecular weight excluding hydrogens is 392 g/mol. The third-order valence-corrected chi connectivity index (χ3v) is 3.83. The summed E-state index contributed by atoms with van der Waals surface area (Å²) in [6, 6.07) is 6.75. The largest absolute Gasteiger partial charge is 0.406 e. The van der Waals surface area contributed by atoms with E-state index in [-0.39, 0.29) is 34.6 Å². The second kappa shape index (κ2) is 6.96. The van der Waals surface area contributed by atoms with E-state index in [2.05, 4.69) is 30.2 Å². The minimum absolute atomic E-state index is 0.0289. The van der Waals surface area contributed by atoms with Gasteiger partial charge in [-0.25, -0.2) is 24.3 Å². The van der Waals surface area contributed by atoms with Crippen LogP contribution < -0.4 is 11.1 Å². The molecule has 3 aromatic heterocycles. The van der Waals surface area contributed by atoms with Crippen LogP contribution in [-0.4, -0.2) is 35.7 Å². The molecule has 4 rings (SSSR count). The van der Waals surface area contributed by atoms with Crippen LogP contribution in [0.25, 0.3) is 22.7 Å². The van der Waals surface area contributed by atoms with Gasteiger partial charge in [0.15, 0.2) is 11.5 Å². The monoisotopic (exact) mass is 404 g/mol. The number of nitrogens with one attached hydrogen (secondary N) is 1. The Morgan fingerprint density at radius 3 is 2.45 bits per heavy atom. The maximum absolute atomic E-state index is 13.2. The molecule has 4 aromatic rings. The zero-order valence-electron chi connectivity index (χ0n) is 14.5. The van der Waals surface area contributed by atoms with Gasteiger partial charge in [0.1, 0.15) is 23.6 Å². The molecule has 1 aromatic carbocycles. The van der Waals surface area contributed by atoms with Crippen LogP contribution in [0.4, 0.5) is 35.1 Å². The fourth-order valence-corrected chi connectivity index (χ4v) is 2.66. The molecule has 0 bridgehead atoms. The van der Waals surface area contributed by atoms with Gasteiger partial charge < -0.3 is 11.1 Å². The molecule has 12 heteroatoms. The first-order valence-corrected chi connectivity index (χ1v) is 8.20. The Balaban J connectivity index is 1.81. The summed E-state index contributed by atoms with van der Waals surface area (Å²) in [4.78, 5) is 20.1. The third kappa shape index (κ3) is 4.05. The number of nitrogen functional groups attached to an aromatic ring is 1. The van der Waals surface area contributed by atoms with Gasteiger partial charge in [-0.15, -0.1) is 0 Å². The van der Waals surface area contributed by atoms with Crippen molar-refractivity contribution in [2.24, 2.45) is 0 Å². The number of nitrogens with zero attached hydrogens (tertiary/aromatic N) is 6. The summed E-state index contributed by atoms with van der Waals surface area (Å²) in [5.41, 5.74) is 6.23. The average Bonchev–Trinajstić information content (AvgIpc) is 3.00. The Bertz CT molecular complexity index is 1170. The topological polar surface area (TPSA) is 107 Å². The van der Waals surface area contributed by atoms with E-state index in [0.717, 1.165) is 4.57 Å². The SMILES string of the molecule is Nc1nccc(-c2nc3cnc(Nc4ccc(F)cc4)nc3n2CC(F)(F)F)n1. The molecule has 0 aliphatic carbocycles. The van der Waals surface area contributed by atoms with E-state index in [1.165, 1.54) is 42.7 Å². The second-order valence-corrected chi connectivity index (χ2v) is 5.97. The number of imidazole rings is 1. The van der Waals surface area contributed by atoms with Crippen molar-refractivity contribution in [1.82, 2.24) is 29.5 Å². The van der Waals surface area contributed by atoms with Gasteiger partial charge in [0, 0.05) is 11.9 Å². The van der Waals surface area contributed by atoms with E-state index in [9.17, 15) is 17.6 Å². The van der Waals surface area contributed by atoms with Gasteiger partial charge in [0.05, 0.1) is 6.20 Å². The van der Waals surface area contributed by atoms with E-state index in [1.807, 2.05) is 0 Å². The molecule has 0 fully saturated rings. The molecule has 0 saturated heterocycles. The van der Waals surface area contributed by atoms with Crippen LogP contribution in [0.5, 0.6) is 0 Å². The standard InChI is InChI=1S/C17H12F4N8/c18-9-1-3-10(4-2-9)25-16-24-7-12-14(28-16)29(8-17(19,20)21)13(26-12)11-5-6-23-15(22)27-11/h1-7H,8H2,(H2,22,23,27)(H,24,25,28). The molecule has 0 atom stereocenters. The molecule has 3 heterocycles. The Kier molecular flexibility index (Phi) is 4.45. The van der Waals surface area contributed by atoms with Crippen molar-refractivity contribution in [2.45, 2.75) is 12.7 Å². The highest BCUT2D eigenvalue weighted by Gasteiger charge is 2.31. The fourth-order valence-electron chi connectivity index (χ4n) is 2.66. The Labute approximate surface area is 160 Å². The van der Waals surface area contributed by atoms with E-state index < -0.39 is 18.5 Å². The Morgan fingerprint density at radius 2 is 1.76 bits per heavy atom. The van der Waals surface area contributed by atoms with E-state index >= 15 is 0 Å². The van der Waals surface area contributed by atoms with E-state index in [0.29, 0.717) is 5.69 Å². The smallest absolute Gasteiger partial charge is 0.368 e. The van der Waals surface area contributed by atoms with Crippen molar-refractivity contribution in [3.63, 3.8) is 0 Å². The second-order valence-electron chi connectivity index (χ2n) is 5.97. The molecule has 0 amide bonds. The number of anilines is 3. The Morgan fingerprint density at radius 1 is 1.00 bits per heavy atom. The number of fused-ring (bicyclic) bond motifs is 1. The summed E-state index contributed by atoms with van der Waals surface area (Å²) in [5, 5.41) is 2.81. The summed E-state index contributed by atoms with van der Waals surface area (Å²) in [5.74, 6) is -0.567. The number of nitrogens with two attached hydrogens (primary N) is 1. The summed E-state index contributed by atoms with van der Waals surface area (Å²) >= 11 is 0. The minimum Gasteiger partial charge on any atom is -0.368 e. The summed E-state index contributed by atoms with van der Waals surface area (Å²) < 4.78 is 53.5. The van der Waals surface area contributed by atoms with Gasteiger partial charge in [0.2, 0.25) is 11.9 Å². The van der Waals surface area contributed by atoms with Crippen LogP contribution in [-0.2, 0) is 6.54 Å². The van der Waals surface area contributed by atoms with Gasteiger partial charge in [-0.05, 0) is 30.3 Å². The number of rotatable bonds is 4. The highest BCUT2D eigenvalue weighted by molar-refractivity contribution is 5.77. The lowest BCUT2D eigenvalue weighted by molar-refractivity contribution is -0.139. The van der Waals surface area contributed by atoms with E-state index in [4.69, 9.17) is 5.73 Å². The normalized spacial score (nSPS) is 11.7. The van der Waals surface area contributed by atoms with Gasteiger partial charge >= 0.3 is 6.18 Å². The number of benzene rings is 1. The molecule has 0 saturated carbocycles. The zero-order valence-corrected chi connectivity index (χ0v) is 14.5. The predicted molar refractivity (Wildman–Crippen MR) is 96.5 cm³/mol. The number of hydrogen-bond donors (Lipinski definition) is 2. The van der Waals surface area contributed by atoms with Gasteiger partial charge in [-0.3, -0.25) is 4.57 Å². The van der Waals surface area contributed by atoms with Gasteiger partial charge in [-0.2, -0.15) is 18.2 Å². The molecule has 0 aliphatic rings. The Hall–Kier alpha value is -3.83. The van der Waals surface area contributed by atoms with Crippen molar-refractivity contribution in [2.75, 3.05) is 11.1 Å². The zero-order chi connectivity index (χ0) is 20.6. The van der Waals surface area contributed by atoms with Crippen LogP contribution in [0.15, 0.2) is 42.7 Å². The molecule has 148 valence electrons. The van der Waals surface area contributed by atoms with Crippen LogP contribution >= 0.6 is 0 Å². The van der Waals surface area contributed by atoms with Crippen LogP contribution in [0.1, 0.15) is 0 Å². The van der Waals surface area contributed by atoms with Crippen molar-refractivity contribution in [1.29, 1.82) is 0 Å². The van der Waals surface area contributed by atoms with Crippen molar-refractivity contribution in [3.8, 4) is 11.5 Å². The lowest BCUT2D eigenvalue weighted by Gasteiger charge is -2.11. The highest BCUT2D eigenvalue weighted by Crippen LogP contribution is 2.28. The minimum atomic E-state index is -4.53. The van der Waals surface area contributed by atoms with Crippen molar-refractivity contribution >= 4 is 28.7 Å². The molecular formula is C17H12F4N8. The molecule has 29 heavy (non-hydrogen) atoms. The third-order valence-electron chi connectivity index (χ3n) is 3.83. The maximum atomic E-state index is 13.2. The van der Waals surface area contributed by atoms with Crippen LogP contribution in [0, 0.1) is 5.82 Å². The number of halogens is 4. The lowest BCUT2D eigenvalue weighted by atomic mass is 10.3. The molecule has 0 aliphatic heterocycles. The van der Waals surface area contributed by atoms with Crippen LogP contribution in [0.2, 0.25) is 0 Å². The van der Waals surface area contributed by atoms with Crippen LogP contribution in [0.3, 0.4) is 0 Å². The molecule has 0 radical (unpaired) electrons. The molecule has 3 N–H and O–H groups in total. The van der Waals surface area contributed by atoms with Gasteiger partial charge in [0.25, 0.3) is 0 Å². The van der Waals surface area contributed by atoms with Gasteiger partial charge in [-0.1, -0.05) is 0 Å². The fraction of sp³-hybridized carbons (Fsp3) is 0.118.